The SMILES string of the molecule is C#CC[C@H](C)C(=O)NS(=O)(=O)c1ccccc1. The van der Waals surface area contributed by atoms with Gasteiger partial charge in [-0.15, -0.1) is 12.3 Å². The average Bonchev–Trinajstić information content (AvgIpc) is 2.30. The van der Waals surface area contributed by atoms with Crippen LogP contribution in [-0.4, -0.2) is 14.3 Å². The zero-order valence-corrected chi connectivity index (χ0v) is 10.2. The van der Waals surface area contributed by atoms with Gasteiger partial charge in [-0.1, -0.05) is 25.1 Å². The van der Waals surface area contributed by atoms with E-state index in [0.29, 0.717) is 0 Å². The fourth-order valence-corrected chi connectivity index (χ4v) is 2.26. The zero-order valence-electron chi connectivity index (χ0n) is 9.38. The highest BCUT2D eigenvalue weighted by Gasteiger charge is 2.20. The lowest BCUT2D eigenvalue weighted by Gasteiger charge is -2.10. The Bertz CT molecular complexity index is 529. The standard InChI is InChI=1S/C12H13NO3S/c1-3-7-10(2)12(14)13-17(15,16)11-8-5-4-6-9-11/h1,4-6,8-10H,7H2,2H3,(H,13,14)/t10-/m0/s1. The number of hydrogen-bond acceptors (Lipinski definition) is 3. The molecule has 0 radical (unpaired) electrons. The second kappa shape index (κ2) is 5.51. The van der Waals surface area contributed by atoms with Crippen LogP contribution in [0.3, 0.4) is 0 Å². The molecule has 17 heavy (non-hydrogen) atoms. The Balaban J connectivity index is 2.82. The van der Waals surface area contributed by atoms with Gasteiger partial charge in [-0.3, -0.25) is 4.79 Å². The maximum atomic E-state index is 11.8. The van der Waals surface area contributed by atoms with Crippen molar-refractivity contribution in [3.63, 3.8) is 0 Å². The van der Waals surface area contributed by atoms with Crippen molar-refractivity contribution < 1.29 is 13.2 Å². The van der Waals surface area contributed by atoms with Gasteiger partial charge in [-0.05, 0) is 12.1 Å². The summed E-state index contributed by atoms with van der Waals surface area (Å²) in [5, 5.41) is 0. The molecule has 1 aromatic carbocycles. The van der Waals surface area contributed by atoms with Crippen molar-refractivity contribution in [3.05, 3.63) is 30.3 Å². The van der Waals surface area contributed by atoms with Gasteiger partial charge in [0.05, 0.1) is 4.90 Å². The summed E-state index contributed by atoms with van der Waals surface area (Å²) in [6.45, 7) is 1.58. The molecule has 0 aliphatic carbocycles. The second-order valence-corrected chi connectivity index (χ2v) is 5.27. The quantitative estimate of drug-likeness (QED) is 0.816. The van der Waals surface area contributed by atoms with Crippen molar-refractivity contribution in [2.24, 2.45) is 5.92 Å². The monoisotopic (exact) mass is 251 g/mol. The third-order valence-corrected chi connectivity index (χ3v) is 3.52. The van der Waals surface area contributed by atoms with Crippen molar-refractivity contribution in [1.29, 1.82) is 0 Å². The molecule has 0 fully saturated rings. The molecule has 0 aliphatic heterocycles. The Morgan fingerprint density at radius 2 is 2.00 bits per heavy atom. The molecule has 1 N–H and O–H groups in total. The average molecular weight is 251 g/mol. The Kier molecular flexibility index (Phi) is 4.30. The molecule has 0 heterocycles. The molecule has 90 valence electrons. The fraction of sp³-hybridized carbons (Fsp3) is 0.250. The summed E-state index contributed by atoms with van der Waals surface area (Å²) < 4.78 is 25.5. The van der Waals surface area contributed by atoms with E-state index in [9.17, 15) is 13.2 Å². The van der Waals surface area contributed by atoms with Crippen LogP contribution in [0.15, 0.2) is 35.2 Å². The molecule has 1 atom stereocenters. The van der Waals surface area contributed by atoms with Crippen LogP contribution in [0.25, 0.3) is 0 Å². The van der Waals surface area contributed by atoms with Gasteiger partial charge in [0.1, 0.15) is 0 Å². The Labute approximate surface area is 101 Å². The van der Waals surface area contributed by atoms with Gasteiger partial charge in [-0.25, -0.2) is 13.1 Å². The number of rotatable bonds is 4. The van der Waals surface area contributed by atoms with Gasteiger partial charge < -0.3 is 0 Å². The molecule has 5 heteroatoms. The molecular weight excluding hydrogens is 238 g/mol. The third kappa shape index (κ3) is 3.61. The van der Waals surface area contributed by atoms with Gasteiger partial charge in [0, 0.05) is 12.3 Å². The number of carbonyl (C=O) groups is 1. The predicted molar refractivity (Wildman–Crippen MR) is 64.4 cm³/mol. The molecule has 1 rings (SSSR count). The van der Waals surface area contributed by atoms with Crippen molar-refractivity contribution in [2.75, 3.05) is 0 Å². The van der Waals surface area contributed by atoms with Crippen LogP contribution in [-0.2, 0) is 14.8 Å². The smallest absolute Gasteiger partial charge is 0.264 e. The summed E-state index contributed by atoms with van der Waals surface area (Å²) in [5.74, 6) is 1.20. The van der Waals surface area contributed by atoms with E-state index in [1.54, 1.807) is 25.1 Å². The lowest BCUT2D eigenvalue weighted by molar-refractivity contribution is -0.122. The highest BCUT2D eigenvalue weighted by Crippen LogP contribution is 2.09. The topological polar surface area (TPSA) is 63.2 Å². The van der Waals surface area contributed by atoms with Crippen LogP contribution in [0.1, 0.15) is 13.3 Å². The molecule has 0 unspecified atom stereocenters. The first-order valence-electron chi connectivity index (χ1n) is 5.02. The Morgan fingerprint density at radius 3 is 2.53 bits per heavy atom. The Morgan fingerprint density at radius 1 is 1.41 bits per heavy atom. The minimum atomic E-state index is -3.79. The number of benzene rings is 1. The van der Waals surface area contributed by atoms with Crippen LogP contribution in [0.4, 0.5) is 0 Å². The second-order valence-electron chi connectivity index (χ2n) is 3.59. The maximum Gasteiger partial charge on any atom is 0.264 e. The van der Waals surface area contributed by atoms with E-state index in [1.165, 1.54) is 12.1 Å². The highest BCUT2D eigenvalue weighted by atomic mass is 32.2. The third-order valence-electron chi connectivity index (χ3n) is 2.16. The molecule has 1 amide bonds. The van der Waals surface area contributed by atoms with Crippen LogP contribution in [0, 0.1) is 18.3 Å². The van der Waals surface area contributed by atoms with E-state index < -0.39 is 21.8 Å². The van der Waals surface area contributed by atoms with Crippen LogP contribution < -0.4 is 4.72 Å². The van der Waals surface area contributed by atoms with E-state index in [4.69, 9.17) is 6.42 Å². The van der Waals surface area contributed by atoms with Gasteiger partial charge in [0.2, 0.25) is 5.91 Å². The van der Waals surface area contributed by atoms with Crippen molar-refractivity contribution in [2.45, 2.75) is 18.2 Å². The van der Waals surface area contributed by atoms with E-state index in [-0.39, 0.29) is 11.3 Å². The minimum Gasteiger partial charge on any atom is -0.274 e. The van der Waals surface area contributed by atoms with Gasteiger partial charge in [0.15, 0.2) is 0 Å². The molecule has 1 aromatic rings. The Hall–Kier alpha value is -1.80. The van der Waals surface area contributed by atoms with E-state index >= 15 is 0 Å². The van der Waals surface area contributed by atoms with Gasteiger partial charge in [-0.2, -0.15) is 0 Å². The summed E-state index contributed by atoms with van der Waals surface area (Å²) in [7, 11) is -3.79. The summed E-state index contributed by atoms with van der Waals surface area (Å²) >= 11 is 0. The molecule has 0 aromatic heterocycles. The molecular formula is C12H13NO3S. The first-order chi connectivity index (χ1) is 7.97. The normalized spacial score (nSPS) is 12.5. The summed E-state index contributed by atoms with van der Waals surface area (Å²) in [6.07, 6.45) is 5.27. The maximum absolute atomic E-state index is 11.8. The summed E-state index contributed by atoms with van der Waals surface area (Å²) in [6, 6.07) is 7.71. The van der Waals surface area contributed by atoms with Gasteiger partial charge in [0.25, 0.3) is 10.0 Å². The van der Waals surface area contributed by atoms with Crippen molar-refractivity contribution >= 4 is 15.9 Å². The van der Waals surface area contributed by atoms with Crippen LogP contribution in [0.2, 0.25) is 0 Å². The zero-order chi connectivity index (χ0) is 12.9. The first kappa shape index (κ1) is 13.3. The van der Waals surface area contributed by atoms with Crippen molar-refractivity contribution in [1.82, 2.24) is 4.72 Å². The summed E-state index contributed by atoms with van der Waals surface area (Å²) in [4.78, 5) is 11.6. The minimum absolute atomic E-state index is 0.0567. The number of carbonyl (C=O) groups excluding carboxylic acids is 1. The molecule has 0 bridgehead atoms. The number of amides is 1. The van der Waals surface area contributed by atoms with Crippen LogP contribution in [0.5, 0.6) is 0 Å². The lowest BCUT2D eigenvalue weighted by Crippen LogP contribution is -2.34. The molecule has 0 saturated heterocycles. The van der Waals surface area contributed by atoms with E-state index in [1.807, 2.05) is 4.72 Å². The van der Waals surface area contributed by atoms with Gasteiger partial charge >= 0.3 is 0 Å². The number of sulfonamides is 1. The number of terminal acetylenes is 1. The fourth-order valence-electron chi connectivity index (χ4n) is 1.16. The van der Waals surface area contributed by atoms with E-state index in [0.717, 1.165) is 0 Å². The summed E-state index contributed by atoms with van der Waals surface area (Å²) in [5.41, 5.74) is 0. The molecule has 0 saturated carbocycles. The lowest BCUT2D eigenvalue weighted by atomic mass is 10.1. The first-order valence-corrected chi connectivity index (χ1v) is 6.51. The highest BCUT2D eigenvalue weighted by molar-refractivity contribution is 7.90. The largest absolute Gasteiger partial charge is 0.274 e. The molecule has 0 spiro atoms. The van der Waals surface area contributed by atoms with Crippen molar-refractivity contribution in [3.8, 4) is 12.3 Å². The molecule has 0 aliphatic rings. The van der Waals surface area contributed by atoms with E-state index in [2.05, 4.69) is 5.92 Å². The van der Waals surface area contributed by atoms with Crippen LogP contribution >= 0.6 is 0 Å². The number of hydrogen-bond donors (Lipinski definition) is 1. The molecule has 4 nitrogen and oxygen atoms in total. The predicted octanol–water partition coefficient (Wildman–Crippen LogP) is 1.15. The number of nitrogens with one attached hydrogen (secondary N) is 1.